The number of allylic oxidation sites excluding steroid dienone is 1. The van der Waals surface area contributed by atoms with Gasteiger partial charge in [0.05, 0.1) is 5.25 Å². The minimum absolute atomic E-state index is 0.0887. The molecule has 0 aliphatic carbocycles. The summed E-state index contributed by atoms with van der Waals surface area (Å²) in [6, 6.07) is 0. The largest absolute Gasteiger partial charge is 0.353 e. The summed E-state index contributed by atoms with van der Waals surface area (Å²) in [7, 11) is -6.24. The second-order valence-electron chi connectivity index (χ2n) is 16.3. The Labute approximate surface area is 330 Å². The SMILES string of the molecule is C=CC(=O)C(C)C.C=CC(=O)NC(C)(C)C.C=CC(=O)NC(C)(C)C.C=CC(=O)NCCC(C)(C)C.C=CS(=O)(=O)C(C)C.C=CS(=O)(=O)NC(C)(C)C. The van der Waals surface area contributed by atoms with E-state index in [1.54, 1.807) is 34.6 Å². The van der Waals surface area contributed by atoms with Gasteiger partial charge in [0.2, 0.25) is 27.7 Å². The number of rotatable bonds is 11. The van der Waals surface area contributed by atoms with Gasteiger partial charge in [-0.3, -0.25) is 19.2 Å². The van der Waals surface area contributed by atoms with E-state index in [0.717, 1.165) is 23.8 Å². The zero-order valence-electron chi connectivity index (χ0n) is 36.4. The minimum Gasteiger partial charge on any atom is -0.353 e. The van der Waals surface area contributed by atoms with Gasteiger partial charge in [-0.05, 0) is 112 Å². The van der Waals surface area contributed by atoms with E-state index in [9.17, 15) is 36.0 Å². The molecule has 0 aromatic heterocycles. The molecule has 0 radical (unpaired) electrons. The molecule has 0 saturated carbocycles. The third-order valence-electron chi connectivity index (χ3n) is 5.05. The Kier molecular flexibility index (Phi) is 34.3. The zero-order chi connectivity index (χ0) is 44.9. The fraction of sp³-hybridized carbons (Fsp3) is 0.600. The van der Waals surface area contributed by atoms with Crippen LogP contribution in [0.25, 0.3) is 0 Å². The summed E-state index contributed by atoms with van der Waals surface area (Å²) in [6.07, 6.45) is 6.18. The molecule has 14 heteroatoms. The number of sulfonamides is 1. The van der Waals surface area contributed by atoms with Gasteiger partial charge >= 0.3 is 0 Å². The number of carbonyl (C=O) groups excluding carboxylic acids is 4. The molecule has 3 amide bonds. The maximum Gasteiger partial charge on any atom is 0.243 e. The molecule has 0 saturated heterocycles. The van der Waals surface area contributed by atoms with Gasteiger partial charge in [-0.1, -0.05) is 74.1 Å². The lowest BCUT2D eigenvalue weighted by atomic mass is 9.92. The van der Waals surface area contributed by atoms with Crippen LogP contribution in [-0.4, -0.2) is 68.8 Å². The Morgan fingerprint density at radius 3 is 1.02 bits per heavy atom. The first-order chi connectivity index (χ1) is 23.8. The summed E-state index contributed by atoms with van der Waals surface area (Å²) in [5.41, 5.74) is -0.433. The van der Waals surface area contributed by atoms with Crippen molar-refractivity contribution in [3.8, 4) is 0 Å². The van der Waals surface area contributed by atoms with Gasteiger partial charge in [-0.25, -0.2) is 21.6 Å². The van der Waals surface area contributed by atoms with E-state index in [1.165, 1.54) is 24.3 Å². The van der Waals surface area contributed by atoms with Crippen molar-refractivity contribution in [1.29, 1.82) is 0 Å². The number of carbonyl (C=O) groups is 4. The van der Waals surface area contributed by atoms with E-state index < -0.39 is 25.4 Å². The minimum atomic E-state index is -3.26. The molecule has 54 heavy (non-hydrogen) atoms. The van der Waals surface area contributed by atoms with Gasteiger partial charge in [-0.15, -0.1) is 0 Å². The lowest BCUT2D eigenvalue weighted by Gasteiger charge is -2.18. The molecular weight excluding hydrogens is 729 g/mol. The van der Waals surface area contributed by atoms with Gasteiger partial charge < -0.3 is 16.0 Å². The average Bonchev–Trinajstić information content (AvgIpc) is 2.98. The van der Waals surface area contributed by atoms with Crippen molar-refractivity contribution in [2.75, 3.05) is 6.54 Å². The second kappa shape index (κ2) is 29.7. The van der Waals surface area contributed by atoms with Crippen molar-refractivity contribution in [2.24, 2.45) is 11.3 Å². The van der Waals surface area contributed by atoms with Crippen molar-refractivity contribution in [2.45, 2.75) is 139 Å². The quantitative estimate of drug-likeness (QED) is 0.159. The molecule has 0 rings (SSSR count). The summed E-state index contributed by atoms with van der Waals surface area (Å²) in [5.74, 6) is -0.114. The standard InChI is InChI=1S/C9H17NO.2C7H13NO.C6H13NO2S.C6H10O.C5H10O2S/c1-5-8(11)10-7-6-9(2,3)4;2*1-5-6(9)8-7(2,3)4;1-5-10(8,9)7-6(2,3)4;1-4-6(7)5(2)3;1-4-8(6,7)5(2)3/h5H,1,6-7H2,2-4H3,(H,10,11);2*5H,1H2,2-4H3,(H,8,9);5,7H,1H2,2-4H3;4-5H,1H2,2-3H3;4-5H,1H2,2-3H3. The van der Waals surface area contributed by atoms with Gasteiger partial charge in [-0.2, -0.15) is 0 Å². The first kappa shape index (κ1) is 62.4. The van der Waals surface area contributed by atoms with Crippen molar-refractivity contribution >= 4 is 43.4 Å². The van der Waals surface area contributed by atoms with Crippen LogP contribution in [0.2, 0.25) is 0 Å². The average molecular weight is 805 g/mol. The van der Waals surface area contributed by atoms with Gasteiger partial charge in [0.1, 0.15) is 0 Å². The molecule has 0 unspecified atom stereocenters. The summed E-state index contributed by atoms with van der Waals surface area (Å²) in [5, 5.41) is 9.71. The van der Waals surface area contributed by atoms with Crippen LogP contribution in [0.1, 0.15) is 117 Å². The van der Waals surface area contributed by atoms with Crippen molar-refractivity contribution in [1.82, 2.24) is 20.7 Å². The molecule has 316 valence electrons. The Bertz CT molecular complexity index is 1370. The van der Waals surface area contributed by atoms with Crippen molar-refractivity contribution in [3.63, 3.8) is 0 Å². The Balaban J connectivity index is -0.000000129. The lowest BCUT2D eigenvalue weighted by molar-refractivity contribution is -0.118. The molecule has 0 aliphatic rings. The van der Waals surface area contributed by atoms with Crippen molar-refractivity contribution < 1.29 is 36.0 Å². The molecule has 0 spiro atoms. The lowest BCUT2D eigenvalue weighted by Crippen LogP contribution is -2.39. The van der Waals surface area contributed by atoms with Gasteiger partial charge in [0.25, 0.3) is 0 Å². The maximum atomic E-state index is 10.8. The number of hydrogen-bond acceptors (Lipinski definition) is 8. The van der Waals surface area contributed by atoms with Crippen molar-refractivity contribution in [3.05, 3.63) is 74.6 Å². The molecule has 0 atom stereocenters. The summed E-state index contributed by atoms with van der Waals surface area (Å²) < 4.78 is 45.1. The first-order valence-corrected chi connectivity index (χ1v) is 20.5. The number of amides is 3. The van der Waals surface area contributed by atoms with Gasteiger partial charge in [0, 0.05) is 39.9 Å². The number of nitrogens with one attached hydrogen (secondary N) is 4. The number of hydrogen-bond donors (Lipinski definition) is 4. The zero-order valence-corrected chi connectivity index (χ0v) is 38.0. The molecule has 0 aliphatic heterocycles. The predicted octanol–water partition coefficient (Wildman–Crippen LogP) is 7.10. The monoisotopic (exact) mass is 805 g/mol. The van der Waals surface area contributed by atoms with Crippen LogP contribution >= 0.6 is 0 Å². The fourth-order valence-corrected chi connectivity index (χ4v) is 3.69. The third kappa shape index (κ3) is 57.7. The summed E-state index contributed by atoms with van der Waals surface area (Å²) in [6.45, 7) is 50.7. The van der Waals surface area contributed by atoms with Crippen LogP contribution in [0.5, 0.6) is 0 Å². The normalized spacial score (nSPS) is 11.1. The highest BCUT2D eigenvalue weighted by Crippen LogP contribution is 2.16. The van der Waals surface area contributed by atoms with E-state index in [4.69, 9.17) is 0 Å². The van der Waals surface area contributed by atoms with Crippen LogP contribution in [0.15, 0.2) is 74.6 Å². The van der Waals surface area contributed by atoms with Crippen LogP contribution in [0, 0.1) is 11.3 Å². The third-order valence-corrected chi connectivity index (χ3v) is 8.17. The maximum absolute atomic E-state index is 10.8. The topological polar surface area (TPSA) is 185 Å². The summed E-state index contributed by atoms with van der Waals surface area (Å²) in [4.78, 5) is 42.3. The highest BCUT2D eigenvalue weighted by atomic mass is 32.2. The Morgan fingerprint density at radius 1 is 0.556 bits per heavy atom. The number of ketones is 1. The first-order valence-electron chi connectivity index (χ1n) is 17.3. The summed E-state index contributed by atoms with van der Waals surface area (Å²) >= 11 is 0. The van der Waals surface area contributed by atoms with E-state index in [1.807, 2.05) is 55.4 Å². The molecule has 0 aromatic rings. The highest BCUT2D eigenvalue weighted by molar-refractivity contribution is 7.94. The fourth-order valence-electron chi connectivity index (χ4n) is 2.37. The Morgan fingerprint density at radius 2 is 0.907 bits per heavy atom. The second-order valence-corrected chi connectivity index (χ2v) is 20.4. The van der Waals surface area contributed by atoms with Crippen LogP contribution in [0.4, 0.5) is 0 Å². The van der Waals surface area contributed by atoms with E-state index in [-0.39, 0.29) is 51.2 Å². The van der Waals surface area contributed by atoms with Gasteiger partial charge in [0.15, 0.2) is 15.6 Å². The molecule has 12 nitrogen and oxygen atoms in total. The van der Waals surface area contributed by atoms with Crippen LogP contribution in [-0.2, 0) is 39.0 Å². The highest BCUT2D eigenvalue weighted by Gasteiger charge is 2.16. The molecule has 0 aromatic carbocycles. The number of sulfone groups is 1. The predicted molar refractivity (Wildman–Crippen MR) is 230 cm³/mol. The molecule has 0 fully saturated rings. The van der Waals surface area contributed by atoms with E-state index >= 15 is 0 Å². The van der Waals surface area contributed by atoms with E-state index in [0.29, 0.717) is 0 Å². The van der Waals surface area contributed by atoms with E-state index in [2.05, 4.69) is 80.9 Å². The van der Waals surface area contributed by atoms with Crippen LogP contribution in [0.3, 0.4) is 0 Å². The Hall–Kier alpha value is -3.62. The molecule has 4 N–H and O–H groups in total. The molecule has 0 bridgehead atoms. The molecule has 0 heterocycles. The molecular formula is C40H76N4O8S2. The smallest absolute Gasteiger partial charge is 0.243 e. The van der Waals surface area contributed by atoms with Crippen LogP contribution < -0.4 is 20.7 Å².